The standard InChI is InChI=1S/C14H15O4PS2.Na/c1-9-5-3-7-11(15)13(9)17-19(20,21)18-14-10(2)6-4-8-12(14)16;/h3-8,15-16H,1-2H3,(H,20,21);/q;+1/p-1. The van der Waals surface area contributed by atoms with Gasteiger partial charge in [0, 0.05) is 5.56 Å². The summed E-state index contributed by atoms with van der Waals surface area (Å²) in [5.41, 5.74) is 1.36. The van der Waals surface area contributed by atoms with Crippen LogP contribution in [-0.4, -0.2) is 5.11 Å². The van der Waals surface area contributed by atoms with Gasteiger partial charge >= 0.3 is 35.7 Å². The molecular weight excluding hydrogens is 350 g/mol. The van der Waals surface area contributed by atoms with Crippen LogP contribution in [0.4, 0.5) is 0 Å². The SMILES string of the molecule is Cc1cccc([O-])c1O[P+]([S-])(S)Oc1c(C)cccc1O.[Na+]. The van der Waals surface area contributed by atoms with Crippen molar-refractivity contribution in [2.24, 2.45) is 0 Å². The first-order valence-corrected chi connectivity index (χ1v) is 9.86. The van der Waals surface area contributed by atoms with Crippen LogP contribution in [-0.2, 0) is 12.2 Å². The Hall–Kier alpha value is -0.230. The van der Waals surface area contributed by atoms with Crippen molar-refractivity contribution in [1.82, 2.24) is 0 Å². The second-order valence-corrected chi connectivity index (χ2v) is 9.61. The molecule has 0 radical (unpaired) electrons. The fourth-order valence-corrected chi connectivity index (χ4v) is 3.65. The molecule has 0 saturated heterocycles. The monoisotopic (exact) mass is 364 g/mol. The predicted octanol–water partition coefficient (Wildman–Crippen LogP) is 0.699. The molecule has 0 saturated carbocycles. The summed E-state index contributed by atoms with van der Waals surface area (Å²) in [5, 5.41) is 21.6. The molecule has 1 unspecified atom stereocenters. The van der Waals surface area contributed by atoms with E-state index in [0.717, 1.165) is 0 Å². The maximum Gasteiger partial charge on any atom is 1.00 e. The van der Waals surface area contributed by atoms with Crippen LogP contribution < -0.4 is 43.7 Å². The maximum atomic E-state index is 11.8. The molecule has 112 valence electrons. The van der Waals surface area contributed by atoms with Gasteiger partial charge in [0.15, 0.2) is 11.5 Å². The fourth-order valence-electron chi connectivity index (χ4n) is 1.75. The van der Waals surface area contributed by atoms with Gasteiger partial charge in [-0.25, -0.2) is 0 Å². The van der Waals surface area contributed by atoms with Crippen molar-refractivity contribution >= 4 is 30.6 Å². The molecule has 0 amide bonds. The van der Waals surface area contributed by atoms with Crippen LogP contribution in [0.2, 0.25) is 0 Å². The van der Waals surface area contributed by atoms with E-state index in [4.69, 9.17) is 21.3 Å². The maximum absolute atomic E-state index is 11.8. The van der Waals surface area contributed by atoms with E-state index in [1.54, 1.807) is 38.1 Å². The zero-order valence-corrected chi connectivity index (χ0v) is 17.0. The Bertz CT molecular complexity index is 571. The van der Waals surface area contributed by atoms with Gasteiger partial charge in [0.05, 0.1) is 12.2 Å². The minimum Gasteiger partial charge on any atom is -0.870 e. The first kappa shape index (κ1) is 19.8. The van der Waals surface area contributed by atoms with Crippen LogP contribution >= 0.6 is 18.4 Å². The number of phenols is 1. The van der Waals surface area contributed by atoms with Gasteiger partial charge in [-0.15, -0.1) is 0 Å². The molecule has 4 nitrogen and oxygen atoms in total. The number of thiol groups is 1. The third kappa shape index (κ3) is 4.88. The van der Waals surface area contributed by atoms with Gasteiger partial charge in [0.1, 0.15) is 0 Å². The Balaban J connectivity index is 0.00000242. The van der Waals surface area contributed by atoms with E-state index in [1.807, 2.05) is 0 Å². The van der Waals surface area contributed by atoms with Gasteiger partial charge in [-0.05, 0) is 25.5 Å². The summed E-state index contributed by atoms with van der Waals surface area (Å²) >= 11 is 9.46. The fraction of sp³-hybridized carbons (Fsp3) is 0.143. The van der Waals surface area contributed by atoms with Crippen LogP contribution in [0.3, 0.4) is 0 Å². The van der Waals surface area contributed by atoms with Gasteiger partial charge in [0.2, 0.25) is 5.75 Å². The van der Waals surface area contributed by atoms with Crippen LogP contribution in [0.5, 0.6) is 23.0 Å². The molecule has 22 heavy (non-hydrogen) atoms. The van der Waals surface area contributed by atoms with E-state index in [9.17, 15) is 10.2 Å². The van der Waals surface area contributed by atoms with Crippen LogP contribution in [0.15, 0.2) is 36.4 Å². The number of rotatable bonds is 4. The number of para-hydroxylation sites is 2. The minimum absolute atomic E-state index is 0. The zero-order chi connectivity index (χ0) is 15.6. The summed E-state index contributed by atoms with van der Waals surface area (Å²) in [7, 11) is 0. The Labute approximate surface area is 163 Å². The molecule has 0 heterocycles. The van der Waals surface area contributed by atoms with Crippen molar-refractivity contribution in [3.05, 3.63) is 47.5 Å². The molecule has 2 aromatic carbocycles. The van der Waals surface area contributed by atoms with E-state index in [2.05, 4.69) is 12.2 Å². The number of aromatic hydroxyl groups is 1. The molecule has 0 bridgehead atoms. The summed E-state index contributed by atoms with van der Waals surface area (Å²) in [5.74, 6) is 0.0191. The average Bonchev–Trinajstić information content (AvgIpc) is 2.39. The van der Waals surface area contributed by atoms with Crippen LogP contribution in [0.1, 0.15) is 11.1 Å². The summed E-state index contributed by atoms with van der Waals surface area (Å²) in [6.07, 6.45) is -3.08. The zero-order valence-electron chi connectivity index (χ0n) is 12.4. The topological polar surface area (TPSA) is 61.8 Å². The molecule has 8 heteroatoms. The number of hydrogen-bond acceptors (Lipinski definition) is 6. The summed E-state index contributed by atoms with van der Waals surface area (Å²) in [6, 6.07) is 9.71. The molecule has 0 aliphatic heterocycles. The average molecular weight is 364 g/mol. The quantitative estimate of drug-likeness (QED) is 0.362. The molecule has 1 atom stereocenters. The van der Waals surface area contributed by atoms with E-state index < -0.39 is 6.12 Å². The van der Waals surface area contributed by atoms with Gasteiger partial charge in [-0.3, -0.25) is 0 Å². The van der Waals surface area contributed by atoms with Crippen molar-refractivity contribution < 1.29 is 48.8 Å². The molecule has 0 spiro atoms. The molecule has 0 fully saturated rings. The Morgan fingerprint density at radius 3 is 2.09 bits per heavy atom. The van der Waals surface area contributed by atoms with Gasteiger partial charge in [-0.1, -0.05) is 36.1 Å². The molecule has 0 aromatic heterocycles. The number of phenolic OH excluding ortho intramolecular Hbond substituents is 1. The largest absolute Gasteiger partial charge is 1.00 e. The Kier molecular flexibility index (Phi) is 7.24. The summed E-state index contributed by atoms with van der Waals surface area (Å²) in [4.78, 5) is 0. The van der Waals surface area contributed by atoms with Crippen molar-refractivity contribution in [1.29, 1.82) is 0 Å². The molecule has 0 aliphatic carbocycles. The third-order valence-electron chi connectivity index (χ3n) is 2.78. The molecular formula is C14H14NaO4PS2. The van der Waals surface area contributed by atoms with Gasteiger partial charge in [0.25, 0.3) is 0 Å². The molecule has 2 aromatic rings. The van der Waals surface area contributed by atoms with Crippen molar-refractivity contribution in [3.8, 4) is 23.0 Å². The van der Waals surface area contributed by atoms with Gasteiger partial charge in [-0.2, -0.15) is 0 Å². The summed E-state index contributed by atoms with van der Waals surface area (Å²) in [6.45, 7) is 3.51. The second kappa shape index (κ2) is 8.04. The third-order valence-corrected chi connectivity index (χ3v) is 4.54. The first-order chi connectivity index (χ1) is 9.80. The van der Waals surface area contributed by atoms with Crippen LogP contribution in [0.25, 0.3) is 0 Å². The summed E-state index contributed by atoms with van der Waals surface area (Å²) < 4.78 is 11.1. The van der Waals surface area contributed by atoms with Crippen molar-refractivity contribution in [3.63, 3.8) is 0 Å². The molecule has 1 N–H and O–H groups in total. The first-order valence-electron chi connectivity index (χ1n) is 6.07. The van der Waals surface area contributed by atoms with Crippen molar-refractivity contribution in [2.75, 3.05) is 0 Å². The van der Waals surface area contributed by atoms with Gasteiger partial charge < -0.3 is 31.5 Å². The number of benzene rings is 2. The Morgan fingerprint density at radius 2 is 1.55 bits per heavy atom. The van der Waals surface area contributed by atoms with E-state index in [0.29, 0.717) is 11.1 Å². The van der Waals surface area contributed by atoms with E-state index in [1.165, 1.54) is 12.1 Å². The normalized spacial score (nSPS) is 12.9. The Morgan fingerprint density at radius 1 is 1.05 bits per heavy atom. The molecule has 2 rings (SSSR count). The van der Waals surface area contributed by atoms with E-state index >= 15 is 0 Å². The minimum atomic E-state index is -3.08. The smallest absolute Gasteiger partial charge is 0.870 e. The number of aryl methyl sites for hydroxylation is 2. The predicted molar refractivity (Wildman–Crippen MR) is 88.0 cm³/mol. The van der Waals surface area contributed by atoms with E-state index in [-0.39, 0.29) is 52.6 Å². The molecule has 0 aliphatic rings. The second-order valence-electron chi connectivity index (χ2n) is 4.48. The van der Waals surface area contributed by atoms with Crippen LogP contribution in [0, 0.1) is 13.8 Å². The number of hydrogen-bond donors (Lipinski definition) is 2. The van der Waals surface area contributed by atoms with Crippen molar-refractivity contribution in [2.45, 2.75) is 13.8 Å².